The van der Waals surface area contributed by atoms with Crippen molar-refractivity contribution in [3.05, 3.63) is 23.5 Å². The summed E-state index contributed by atoms with van der Waals surface area (Å²) in [4.78, 5) is 17.5. The number of carbonyl (C=O) groups is 1. The summed E-state index contributed by atoms with van der Waals surface area (Å²) < 4.78 is 0. The van der Waals surface area contributed by atoms with Crippen LogP contribution < -0.4 is 5.32 Å². The summed E-state index contributed by atoms with van der Waals surface area (Å²) in [5.74, 6) is 0.632. The van der Waals surface area contributed by atoms with Gasteiger partial charge in [-0.2, -0.15) is 0 Å². The van der Waals surface area contributed by atoms with E-state index in [0.717, 1.165) is 30.9 Å². The molecular weight excluding hydrogens is 226 g/mol. The highest BCUT2D eigenvalue weighted by Gasteiger charge is 2.24. The lowest BCUT2D eigenvalue weighted by Gasteiger charge is -2.20. The summed E-state index contributed by atoms with van der Waals surface area (Å²) in [6.45, 7) is 9.41. The highest BCUT2D eigenvalue weighted by Crippen LogP contribution is 2.17. The van der Waals surface area contributed by atoms with Gasteiger partial charge in [0.05, 0.1) is 5.56 Å². The van der Waals surface area contributed by atoms with Crippen LogP contribution in [0.5, 0.6) is 0 Å². The van der Waals surface area contributed by atoms with E-state index in [1.807, 2.05) is 13.0 Å². The largest absolute Gasteiger partial charge is 0.365 e. The van der Waals surface area contributed by atoms with Crippen LogP contribution in [0.15, 0.2) is 12.3 Å². The van der Waals surface area contributed by atoms with Gasteiger partial charge in [-0.3, -0.25) is 4.79 Å². The van der Waals surface area contributed by atoms with E-state index in [4.69, 9.17) is 0 Å². The maximum absolute atomic E-state index is 12.0. The first-order valence-electron chi connectivity index (χ1n) is 6.74. The summed E-state index contributed by atoms with van der Waals surface area (Å²) in [5, 5.41) is 3.04. The minimum absolute atomic E-state index is 0.0387. The average molecular weight is 249 g/mol. The third-order valence-corrected chi connectivity index (χ3v) is 3.80. The number of nitrogens with zero attached hydrogens (tertiary/aromatic N) is 1. The summed E-state index contributed by atoms with van der Waals surface area (Å²) >= 11 is 0. The standard InChI is InChI=1S/C14H23N3O/c1-10(2)17-7-5-12(9-17)8-16-14(18)13-4-6-15-11(13)3/h4,6,10,12,15H,5,7-9H2,1-3H3,(H,16,18)/t12-/m1/s1. The van der Waals surface area contributed by atoms with Crippen LogP contribution in [0.25, 0.3) is 0 Å². The number of rotatable bonds is 4. The van der Waals surface area contributed by atoms with Gasteiger partial charge < -0.3 is 15.2 Å². The molecule has 1 atom stereocenters. The van der Waals surface area contributed by atoms with Gasteiger partial charge in [0.2, 0.25) is 0 Å². The number of hydrogen-bond donors (Lipinski definition) is 2. The quantitative estimate of drug-likeness (QED) is 0.854. The molecule has 2 heterocycles. The molecule has 1 fully saturated rings. The van der Waals surface area contributed by atoms with Crippen molar-refractivity contribution in [2.24, 2.45) is 5.92 Å². The van der Waals surface area contributed by atoms with Gasteiger partial charge >= 0.3 is 0 Å². The number of aromatic nitrogens is 1. The van der Waals surface area contributed by atoms with E-state index in [0.29, 0.717) is 12.0 Å². The van der Waals surface area contributed by atoms with Crippen molar-refractivity contribution < 1.29 is 4.79 Å². The monoisotopic (exact) mass is 249 g/mol. The molecule has 2 N–H and O–H groups in total. The zero-order valence-electron chi connectivity index (χ0n) is 11.5. The Morgan fingerprint density at radius 3 is 2.94 bits per heavy atom. The van der Waals surface area contributed by atoms with Gasteiger partial charge in [0.25, 0.3) is 5.91 Å². The van der Waals surface area contributed by atoms with Crippen LogP contribution in [0, 0.1) is 12.8 Å². The first-order valence-corrected chi connectivity index (χ1v) is 6.74. The molecule has 0 radical (unpaired) electrons. The lowest BCUT2D eigenvalue weighted by atomic mass is 10.1. The first kappa shape index (κ1) is 13.1. The number of carbonyl (C=O) groups excluding carboxylic acids is 1. The second-order valence-electron chi connectivity index (χ2n) is 5.47. The Morgan fingerprint density at radius 2 is 2.39 bits per heavy atom. The summed E-state index contributed by atoms with van der Waals surface area (Å²) in [5.41, 5.74) is 1.69. The summed E-state index contributed by atoms with van der Waals surface area (Å²) in [6.07, 6.45) is 2.99. The van der Waals surface area contributed by atoms with E-state index < -0.39 is 0 Å². The number of hydrogen-bond acceptors (Lipinski definition) is 2. The Balaban J connectivity index is 1.79. The number of aryl methyl sites for hydroxylation is 1. The lowest BCUT2D eigenvalue weighted by molar-refractivity contribution is 0.0946. The van der Waals surface area contributed by atoms with Gasteiger partial charge in [-0.15, -0.1) is 0 Å². The highest BCUT2D eigenvalue weighted by atomic mass is 16.1. The first-order chi connectivity index (χ1) is 8.58. The average Bonchev–Trinajstić information content (AvgIpc) is 2.94. The SMILES string of the molecule is Cc1[nH]ccc1C(=O)NC[C@H]1CCN(C(C)C)C1. The smallest absolute Gasteiger partial charge is 0.253 e. The Labute approximate surface area is 109 Å². The fraction of sp³-hybridized carbons (Fsp3) is 0.643. The van der Waals surface area contributed by atoms with Crippen LogP contribution >= 0.6 is 0 Å². The molecule has 4 nitrogen and oxygen atoms in total. The highest BCUT2D eigenvalue weighted by molar-refractivity contribution is 5.95. The van der Waals surface area contributed by atoms with E-state index in [2.05, 4.69) is 29.0 Å². The zero-order chi connectivity index (χ0) is 13.1. The molecule has 4 heteroatoms. The second-order valence-corrected chi connectivity index (χ2v) is 5.47. The van der Waals surface area contributed by atoms with Crippen LogP contribution in [0.3, 0.4) is 0 Å². The van der Waals surface area contributed by atoms with Gasteiger partial charge in [0.1, 0.15) is 0 Å². The third-order valence-electron chi connectivity index (χ3n) is 3.80. The summed E-state index contributed by atoms with van der Waals surface area (Å²) in [7, 11) is 0. The fourth-order valence-electron chi connectivity index (χ4n) is 2.53. The molecule has 1 amide bonds. The molecule has 0 spiro atoms. The van der Waals surface area contributed by atoms with Crippen molar-refractivity contribution in [3.8, 4) is 0 Å². The molecule has 0 unspecified atom stereocenters. The van der Waals surface area contributed by atoms with Crippen molar-refractivity contribution in [2.45, 2.75) is 33.2 Å². The van der Waals surface area contributed by atoms with Crippen LogP contribution in [0.2, 0.25) is 0 Å². The number of H-pyrrole nitrogens is 1. The van der Waals surface area contributed by atoms with Crippen LogP contribution in [0.4, 0.5) is 0 Å². The number of amides is 1. The number of nitrogens with one attached hydrogen (secondary N) is 2. The van der Waals surface area contributed by atoms with E-state index in [1.54, 1.807) is 6.20 Å². The molecule has 1 aromatic heterocycles. The van der Waals surface area contributed by atoms with Crippen molar-refractivity contribution in [1.82, 2.24) is 15.2 Å². The van der Waals surface area contributed by atoms with Crippen LogP contribution in [-0.2, 0) is 0 Å². The van der Waals surface area contributed by atoms with Crippen molar-refractivity contribution in [1.29, 1.82) is 0 Å². The third kappa shape index (κ3) is 2.93. The summed E-state index contributed by atoms with van der Waals surface area (Å²) in [6, 6.07) is 2.44. The van der Waals surface area contributed by atoms with Crippen molar-refractivity contribution in [2.75, 3.05) is 19.6 Å². The molecule has 18 heavy (non-hydrogen) atoms. The second kappa shape index (κ2) is 5.57. The normalized spacial score (nSPS) is 20.6. The fourth-order valence-corrected chi connectivity index (χ4v) is 2.53. The topological polar surface area (TPSA) is 48.1 Å². The molecular formula is C14H23N3O. The Hall–Kier alpha value is -1.29. The minimum atomic E-state index is 0.0387. The van der Waals surface area contributed by atoms with Crippen LogP contribution in [0.1, 0.15) is 36.3 Å². The van der Waals surface area contributed by atoms with Gasteiger partial charge in [-0.05, 0) is 45.7 Å². The van der Waals surface area contributed by atoms with E-state index >= 15 is 0 Å². The lowest BCUT2D eigenvalue weighted by Crippen LogP contribution is -2.33. The van der Waals surface area contributed by atoms with Gasteiger partial charge in [0.15, 0.2) is 0 Å². The predicted octanol–water partition coefficient (Wildman–Crippen LogP) is 1.78. The molecule has 0 aliphatic carbocycles. The molecule has 1 aliphatic rings. The predicted molar refractivity (Wildman–Crippen MR) is 72.7 cm³/mol. The number of likely N-dealkylation sites (tertiary alicyclic amines) is 1. The minimum Gasteiger partial charge on any atom is -0.365 e. The van der Waals surface area contributed by atoms with Crippen LogP contribution in [-0.4, -0.2) is 41.5 Å². The van der Waals surface area contributed by atoms with Gasteiger partial charge in [0, 0.05) is 31.0 Å². The van der Waals surface area contributed by atoms with Crippen molar-refractivity contribution in [3.63, 3.8) is 0 Å². The maximum atomic E-state index is 12.0. The van der Waals surface area contributed by atoms with E-state index in [1.165, 1.54) is 6.42 Å². The molecule has 2 rings (SSSR count). The molecule has 1 aromatic rings. The maximum Gasteiger partial charge on any atom is 0.253 e. The molecule has 1 saturated heterocycles. The Kier molecular flexibility index (Phi) is 4.07. The van der Waals surface area contributed by atoms with Gasteiger partial charge in [-0.25, -0.2) is 0 Å². The van der Waals surface area contributed by atoms with E-state index in [-0.39, 0.29) is 5.91 Å². The van der Waals surface area contributed by atoms with E-state index in [9.17, 15) is 4.79 Å². The molecule has 100 valence electrons. The van der Waals surface area contributed by atoms with Gasteiger partial charge in [-0.1, -0.05) is 0 Å². The van der Waals surface area contributed by atoms with Crippen molar-refractivity contribution >= 4 is 5.91 Å². The number of aromatic amines is 1. The molecule has 1 aliphatic heterocycles. The molecule has 0 aromatic carbocycles. The molecule has 0 saturated carbocycles. The Bertz CT molecular complexity index is 411. The molecule has 0 bridgehead atoms. The zero-order valence-corrected chi connectivity index (χ0v) is 11.5. The Morgan fingerprint density at radius 1 is 1.61 bits per heavy atom.